The Hall–Kier alpha value is -3.87. The molecule has 0 unspecified atom stereocenters. The van der Waals surface area contributed by atoms with Crippen molar-refractivity contribution < 1.29 is 23.5 Å². The normalized spacial score (nSPS) is 12.8. The summed E-state index contributed by atoms with van der Waals surface area (Å²) in [6.07, 6.45) is 2.22. The Kier molecular flexibility index (Phi) is 5.34. The number of furan rings is 1. The van der Waals surface area contributed by atoms with Crippen LogP contribution in [0.1, 0.15) is 42.4 Å². The zero-order valence-corrected chi connectivity index (χ0v) is 16.4. The molecule has 0 fully saturated rings. The molecule has 2 amide bonds. The molecule has 1 aliphatic rings. The summed E-state index contributed by atoms with van der Waals surface area (Å²) in [4.78, 5) is 38.4. The van der Waals surface area contributed by atoms with Crippen LogP contribution in [0.5, 0.6) is 0 Å². The standard InChI is InChI=1S/C23H20N2O5/c1-29-23(28)17-6-4-16(5-7-17)21(26)24-19-9-8-15-10-11-25(14-18(15)13-19)22(27)20-3-2-12-30-20/h2-9,12-13H,10-11,14H2,1H3,(H,24,26). The van der Waals surface area contributed by atoms with Crippen LogP contribution in [0, 0.1) is 0 Å². The van der Waals surface area contributed by atoms with Gasteiger partial charge in [0.15, 0.2) is 5.76 Å². The third-order valence-corrected chi connectivity index (χ3v) is 5.06. The van der Waals surface area contributed by atoms with Crippen molar-refractivity contribution >= 4 is 23.5 Å². The summed E-state index contributed by atoms with van der Waals surface area (Å²) in [7, 11) is 1.31. The smallest absolute Gasteiger partial charge is 0.337 e. The van der Waals surface area contributed by atoms with Crippen LogP contribution in [0.2, 0.25) is 0 Å². The Balaban J connectivity index is 1.46. The number of ether oxygens (including phenoxy) is 1. The van der Waals surface area contributed by atoms with Crippen LogP contribution in [0.25, 0.3) is 0 Å². The second-order valence-corrected chi connectivity index (χ2v) is 6.96. The van der Waals surface area contributed by atoms with Crippen molar-refractivity contribution in [1.82, 2.24) is 4.90 Å². The molecule has 7 heteroatoms. The number of methoxy groups -OCH3 is 1. The van der Waals surface area contributed by atoms with Gasteiger partial charge in [0.25, 0.3) is 11.8 Å². The third-order valence-electron chi connectivity index (χ3n) is 5.06. The number of rotatable bonds is 4. The maximum absolute atomic E-state index is 12.6. The number of nitrogens with one attached hydrogen (secondary N) is 1. The fourth-order valence-electron chi connectivity index (χ4n) is 3.44. The minimum Gasteiger partial charge on any atom is -0.465 e. The minimum atomic E-state index is -0.453. The number of carbonyl (C=O) groups is 3. The summed E-state index contributed by atoms with van der Waals surface area (Å²) < 4.78 is 9.88. The largest absolute Gasteiger partial charge is 0.465 e. The van der Waals surface area contributed by atoms with Gasteiger partial charge in [0.2, 0.25) is 0 Å². The summed E-state index contributed by atoms with van der Waals surface area (Å²) in [5, 5.41) is 2.87. The van der Waals surface area contributed by atoms with Gasteiger partial charge in [-0.2, -0.15) is 0 Å². The predicted molar refractivity (Wildman–Crippen MR) is 109 cm³/mol. The van der Waals surface area contributed by atoms with E-state index < -0.39 is 5.97 Å². The lowest BCUT2D eigenvalue weighted by molar-refractivity contribution is 0.0600. The van der Waals surface area contributed by atoms with Crippen molar-refractivity contribution in [2.75, 3.05) is 19.0 Å². The molecule has 30 heavy (non-hydrogen) atoms. The average Bonchev–Trinajstić information content (AvgIpc) is 3.32. The molecule has 4 rings (SSSR count). The summed E-state index contributed by atoms with van der Waals surface area (Å²) >= 11 is 0. The Morgan fingerprint density at radius 2 is 1.77 bits per heavy atom. The lowest BCUT2D eigenvalue weighted by Gasteiger charge is -2.28. The second kappa shape index (κ2) is 8.24. The Bertz CT molecular complexity index is 1090. The molecule has 1 N–H and O–H groups in total. The Morgan fingerprint density at radius 3 is 2.47 bits per heavy atom. The number of hydrogen-bond acceptors (Lipinski definition) is 5. The first-order valence-corrected chi connectivity index (χ1v) is 9.49. The van der Waals surface area contributed by atoms with E-state index in [0.717, 1.165) is 17.5 Å². The number of anilines is 1. The highest BCUT2D eigenvalue weighted by atomic mass is 16.5. The van der Waals surface area contributed by atoms with Crippen LogP contribution < -0.4 is 5.32 Å². The fourth-order valence-corrected chi connectivity index (χ4v) is 3.44. The van der Waals surface area contributed by atoms with E-state index in [9.17, 15) is 14.4 Å². The van der Waals surface area contributed by atoms with Gasteiger partial charge in [-0.05, 0) is 66.1 Å². The van der Waals surface area contributed by atoms with Crippen molar-refractivity contribution in [2.24, 2.45) is 0 Å². The van der Waals surface area contributed by atoms with Gasteiger partial charge >= 0.3 is 5.97 Å². The maximum atomic E-state index is 12.6. The van der Waals surface area contributed by atoms with Gasteiger partial charge in [0.05, 0.1) is 18.9 Å². The van der Waals surface area contributed by atoms with E-state index in [1.807, 2.05) is 18.2 Å². The molecule has 0 bridgehead atoms. The number of carbonyl (C=O) groups excluding carboxylic acids is 3. The van der Waals surface area contributed by atoms with Crippen molar-refractivity contribution in [3.63, 3.8) is 0 Å². The fraction of sp³-hybridized carbons (Fsp3) is 0.174. The molecule has 0 atom stereocenters. The third kappa shape index (κ3) is 3.96. The zero-order chi connectivity index (χ0) is 21.1. The van der Waals surface area contributed by atoms with E-state index >= 15 is 0 Å². The van der Waals surface area contributed by atoms with Gasteiger partial charge in [-0.1, -0.05) is 6.07 Å². The van der Waals surface area contributed by atoms with Crippen LogP contribution in [-0.4, -0.2) is 36.3 Å². The van der Waals surface area contributed by atoms with Gasteiger partial charge < -0.3 is 19.4 Å². The zero-order valence-electron chi connectivity index (χ0n) is 16.4. The van der Waals surface area contributed by atoms with Gasteiger partial charge in [-0.3, -0.25) is 9.59 Å². The number of hydrogen-bond donors (Lipinski definition) is 1. The van der Waals surface area contributed by atoms with Crippen molar-refractivity contribution in [3.8, 4) is 0 Å². The van der Waals surface area contributed by atoms with E-state index in [4.69, 9.17) is 4.42 Å². The lowest BCUT2D eigenvalue weighted by atomic mass is 9.98. The molecule has 1 aromatic heterocycles. The average molecular weight is 404 g/mol. The SMILES string of the molecule is COC(=O)c1ccc(C(=O)Nc2ccc3c(c2)CN(C(=O)c2ccco2)CC3)cc1. The molecule has 0 radical (unpaired) electrons. The summed E-state index contributed by atoms with van der Waals surface area (Å²) in [6.45, 7) is 1.07. The topological polar surface area (TPSA) is 88.9 Å². The number of esters is 1. The molecule has 0 saturated carbocycles. The van der Waals surface area contributed by atoms with Crippen molar-refractivity contribution in [3.05, 3.63) is 88.9 Å². The first kappa shape index (κ1) is 19.4. The van der Waals surface area contributed by atoms with Crippen LogP contribution in [0.4, 0.5) is 5.69 Å². The monoisotopic (exact) mass is 404 g/mol. The molecule has 1 aliphatic heterocycles. The van der Waals surface area contributed by atoms with Crippen LogP contribution in [-0.2, 0) is 17.7 Å². The highest BCUT2D eigenvalue weighted by Gasteiger charge is 2.23. The number of nitrogens with zero attached hydrogens (tertiary/aromatic N) is 1. The van der Waals surface area contributed by atoms with E-state index in [0.29, 0.717) is 35.7 Å². The summed E-state index contributed by atoms with van der Waals surface area (Å²) in [6, 6.07) is 15.3. The van der Waals surface area contributed by atoms with Crippen LogP contribution in [0.3, 0.4) is 0 Å². The quantitative estimate of drug-likeness (QED) is 0.672. The lowest BCUT2D eigenvalue weighted by Crippen LogP contribution is -2.35. The van der Waals surface area contributed by atoms with Crippen molar-refractivity contribution in [1.29, 1.82) is 0 Å². The number of amides is 2. The Morgan fingerprint density at radius 1 is 1.00 bits per heavy atom. The molecule has 0 spiro atoms. The number of fused-ring (bicyclic) bond motifs is 1. The molecule has 2 aromatic carbocycles. The molecular weight excluding hydrogens is 384 g/mol. The minimum absolute atomic E-state index is 0.147. The maximum Gasteiger partial charge on any atom is 0.337 e. The highest BCUT2D eigenvalue weighted by Crippen LogP contribution is 2.24. The van der Waals surface area contributed by atoms with E-state index in [2.05, 4.69) is 10.1 Å². The molecule has 3 aromatic rings. The van der Waals surface area contributed by atoms with Crippen molar-refractivity contribution in [2.45, 2.75) is 13.0 Å². The van der Waals surface area contributed by atoms with E-state index in [1.54, 1.807) is 41.3 Å². The molecular formula is C23H20N2O5. The van der Waals surface area contributed by atoms with Gasteiger partial charge in [-0.25, -0.2) is 4.79 Å². The molecule has 2 heterocycles. The molecule has 0 aliphatic carbocycles. The molecule has 0 saturated heterocycles. The highest BCUT2D eigenvalue weighted by molar-refractivity contribution is 6.05. The van der Waals surface area contributed by atoms with Crippen LogP contribution in [0.15, 0.2) is 65.3 Å². The van der Waals surface area contributed by atoms with Gasteiger partial charge in [-0.15, -0.1) is 0 Å². The number of benzene rings is 2. The molecule has 152 valence electrons. The van der Waals surface area contributed by atoms with Crippen LogP contribution >= 0.6 is 0 Å². The van der Waals surface area contributed by atoms with Gasteiger partial charge in [0, 0.05) is 24.3 Å². The Labute approximate surface area is 173 Å². The van der Waals surface area contributed by atoms with Gasteiger partial charge in [0.1, 0.15) is 0 Å². The predicted octanol–water partition coefficient (Wildman–Crippen LogP) is 3.52. The molecule has 7 nitrogen and oxygen atoms in total. The summed E-state index contributed by atoms with van der Waals surface area (Å²) in [5.74, 6) is -0.569. The van der Waals surface area contributed by atoms with E-state index in [1.165, 1.54) is 13.4 Å². The first-order chi connectivity index (χ1) is 14.5. The second-order valence-electron chi connectivity index (χ2n) is 6.96. The van der Waals surface area contributed by atoms with E-state index in [-0.39, 0.29) is 11.8 Å². The first-order valence-electron chi connectivity index (χ1n) is 9.49. The summed E-state index contributed by atoms with van der Waals surface area (Å²) in [5.41, 5.74) is 3.58.